The van der Waals surface area contributed by atoms with Crippen LogP contribution in [0, 0.1) is 0 Å². The van der Waals surface area contributed by atoms with Crippen molar-refractivity contribution in [2.75, 3.05) is 0 Å². The van der Waals surface area contributed by atoms with Crippen LogP contribution in [0.4, 0.5) is 0 Å². The van der Waals surface area contributed by atoms with Gasteiger partial charge in [-0.25, -0.2) is 0 Å². The molecule has 0 saturated heterocycles. The van der Waals surface area contributed by atoms with Crippen LogP contribution in [0.3, 0.4) is 0 Å². The first-order valence-electron chi connectivity index (χ1n) is 5.06. The second-order valence-electron chi connectivity index (χ2n) is 3.15. The molecule has 0 N–H and O–H groups in total. The Bertz CT molecular complexity index is 393. The lowest BCUT2D eigenvalue weighted by molar-refractivity contribution is 0.102. The lowest BCUT2D eigenvalue weighted by atomic mass is 10.1. The Balaban J connectivity index is 3.15. The molecule has 0 aliphatic rings. The Labute approximate surface area is 98.3 Å². The first kappa shape index (κ1) is 12.2. The van der Waals surface area contributed by atoms with Crippen LogP contribution in [-0.4, -0.2) is 15.6 Å². The van der Waals surface area contributed by atoms with Gasteiger partial charge >= 0.3 is 0 Å². The van der Waals surface area contributed by atoms with E-state index in [4.69, 9.17) is 0 Å². The molecule has 1 aromatic heterocycles. The van der Waals surface area contributed by atoms with E-state index in [2.05, 4.69) is 21.0 Å². The van der Waals surface area contributed by atoms with Crippen molar-refractivity contribution in [2.24, 2.45) is 0 Å². The average Bonchev–Trinajstić information content (AvgIpc) is 2.61. The normalized spacial score (nSPS) is 11.9. The van der Waals surface area contributed by atoms with Crippen LogP contribution in [0.1, 0.15) is 37.7 Å². The predicted octanol–water partition coefficient (Wildman–Crippen LogP) is 3.20. The number of ketones is 1. The van der Waals surface area contributed by atoms with Crippen molar-refractivity contribution in [3.8, 4) is 0 Å². The topological polar surface area (TPSA) is 34.9 Å². The fourth-order valence-electron chi connectivity index (χ4n) is 1.48. The molecule has 1 rings (SSSR count). The molecular formula is C11H15BrN2O. The molecule has 0 aliphatic heterocycles. The minimum absolute atomic E-state index is 0.0613. The molecule has 0 fully saturated rings. The highest BCUT2D eigenvalue weighted by Gasteiger charge is 2.18. The van der Waals surface area contributed by atoms with Gasteiger partial charge in [0.05, 0.1) is 10.7 Å². The number of nitrogens with zero attached hydrogens (tertiary/aromatic N) is 2. The van der Waals surface area contributed by atoms with Crippen LogP contribution in [-0.2, 0) is 6.54 Å². The molecule has 0 spiro atoms. The molecule has 0 bridgehead atoms. The highest BCUT2D eigenvalue weighted by Crippen LogP contribution is 2.20. The maximum absolute atomic E-state index is 12.1. The zero-order chi connectivity index (χ0) is 11.4. The SMILES string of the molecule is CC=C(CC)C(=O)c1c(Br)cnn1CC. The summed E-state index contributed by atoms with van der Waals surface area (Å²) in [7, 11) is 0. The van der Waals surface area contributed by atoms with Gasteiger partial charge in [0.15, 0.2) is 0 Å². The van der Waals surface area contributed by atoms with E-state index in [1.54, 1.807) is 10.9 Å². The Morgan fingerprint density at radius 3 is 2.73 bits per heavy atom. The molecule has 0 amide bonds. The summed E-state index contributed by atoms with van der Waals surface area (Å²) in [6.45, 7) is 6.54. The third-order valence-corrected chi connectivity index (χ3v) is 2.91. The lowest BCUT2D eigenvalue weighted by Gasteiger charge is -2.06. The number of Topliss-reactive ketones (excluding diaryl/α,β-unsaturated/α-hetero) is 1. The zero-order valence-corrected chi connectivity index (χ0v) is 10.8. The van der Waals surface area contributed by atoms with E-state index < -0.39 is 0 Å². The van der Waals surface area contributed by atoms with Gasteiger partial charge in [0.2, 0.25) is 5.78 Å². The summed E-state index contributed by atoms with van der Waals surface area (Å²) in [6, 6.07) is 0. The number of halogens is 1. The monoisotopic (exact) mass is 270 g/mol. The fraction of sp³-hybridized carbons (Fsp3) is 0.455. The minimum atomic E-state index is 0.0613. The van der Waals surface area contributed by atoms with Crippen molar-refractivity contribution in [3.63, 3.8) is 0 Å². The highest BCUT2D eigenvalue weighted by molar-refractivity contribution is 9.10. The van der Waals surface area contributed by atoms with E-state index in [-0.39, 0.29) is 5.78 Å². The Kier molecular flexibility index (Phi) is 4.27. The predicted molar refractivity (Wildman–Crippen MR) is 64.0 cm³/mol. The quantitative estimate of drug-likeness (QED) is 0.622. The number of hydrogen-bond acceptors (Lipinski definition) is 2. The van der Waals surface area contributed by atoms with Crippen molar-refractivity contribution in [1.29, 1.82) is 0 Å². The number of aryl methyl sites for hydroxylation is 1. The van der Waals surface area contributed by atoms with E-state index >= 15 is 0 Å². The number of rotatable bonds is 4. The van der Waals surface area contributed by atoms with Crippen LogP contribution >= 0.6 is 15.9 Å². The second kappa shape index (κ2) is 5.26. The van der Waals surface area contributed by atoms with Crippen LogP contribution in [0.5, 0.6) is 0 Å². The van der Waals surface area contributed by atoms with Gasteiger partial charge < -0.3 is 0 Å². The van der Waals surface area contributed by atoms with Gasteiger partial charge in [-0.1, -0.05) is 13.0 Å². The number of hydrogen-bond donors (Lipinski definition) is 0. The molecule has 3 nitrogen and oxygen atoms in total. The van der Waals surface area contributed by atoms with E-state index in [1.807, 2.05) is 26.8 Å². The molecule has 0 saturated carbocycles. The molecule has 15 heavy (non-hydrogen) atoms. The highest BCUT2D eigenvalue weighted by atomic mass is 79.9. The maximum atomic E-state index is 12.1. The second-order valence-corrected chi connectivity index (χ2v) is 4.01. The third kappa shape index (κ3) is 2.37. The van der Waals surface area contributed by atoms with Crippen molar-refractivity contribution < 1.29 is 4.79 Å². The van der Waals surface area contributed by atoms with Gasteiger partial charge in [-0.05, 0) is 41.8 Å². The summed E-state index contributed by atoms with van der Waals surface area (Å²) in [5.74, 6) is 0.0613. The summed E-state index contributed by atoms with van der Waals surface area (Å²) >= 11 is 3.35. The van der Waals surface area contributed by atoms with Crippen LogP contribution in [0.15, 0.2) is 22.3 Å². The zero-order valence-electron chi connectivity index (χ0n) is 9.25. The van der Waals surface area contributed by atoms with Crippen molar-refractivity contribution in [3.05, 3.63) is 28.0 Å². The minimum Gasteiger partial charge on any atom is -0.287 e. The van der Waals surface area contributed by atoms with E-state index in [0.717, 1.165) is 16.5 Å². The summed E-state index contributed by atoms with van der Waals surface area (Å²) in [5.41, 5.74) is 1.47. The Morgan fingerprint density at radius 2 is 2.27 bits per heavy atom. The van der Waals surface area contributed by atoms with Gasteiger partial charge in [0.1, 0.15) is 5.69 Å². The van der Waals surface area contributed by atoms with Crippen molar-refractivity contribution >= 4 is 21.7 Å². The van der Waals surface area contributed by atoms with Gasteiger partial charge in [-0.2, -0.15) is 5.10 Å². The van der Waals surface area contributed by atoms with E-state index in [9.17, 15) is 4.79 Å². The smallest absolute Gasteiger partial charge is 0.207 e. The summed E-state index contributed by atoms with van der Waals surface area (Å²) in [6.07, 6.45) is 4.28. The Morgan fingerprint density at radius 1 is 1.60 bits per heavy atom. The summed E-state index contributed by atoms with van der Waals surface area (Å²) < 4.78 is 2.48. The summed E-state index contributed by atoms with van der Waals surface area (Å²) in [4.78, 5) is 12.1. The van der Waals surface area contributed by atoms with Gasteiger partial charge in [-0.15, -0.1) is 0 Å². The molecule has 1 heterocycles. The molecule has 0 aliphatic carbocycles. The largest absolute Gasteiger partial charge is 0.287 e. The van der Waals surface area contributed by atoms with Crippen LogP contribution in [0.2, 0.25) is 0 Å². The van der Waals surface area contributed by atoms with Crippen molar-refractivity contribution in [1.82, 2.24) is 9.78 Å². The van der Waals surface area contributed by atoms with E-state index in [1.165, 1.54) is 0 Å². The van der Waals surface area contributed by atoms with E-state index in [0.29, 0.717) is 12.2 Å². The van der Waals surface area contributed by atoms with Gasteiger partial charge in [0.25, 0.3) is 0 Å². The molecule has 1 aromatic rings. The molecule has 0 radical (unpaired) electrons. The van der Waals surface area contributed by atoms with Gasteiger partial charge in [0, 0.05) is 6.54 Å². The fourth-order valence-corrected chi connectivity index (χ4v) is 1.95. The average molecular weight is 271 g/mol. The Hall–Kier alpha value is -0.900. The van der Waals surface area contributed by atoms with Crippen LogP contribution < -0.4 is 0 Å². The number of carbonyl (C=O) groups excluding carboxylic acids is 1. The third-order valence-electron chi connectivity index (χ3n) is 2.33. The summed E-state index contributed by atoms with van der Waals surface area (Å²) in [5, 5.41) is 4.13. The molecule has 4 heteroatoms. The standard InChI is InChI=1S/C11H15BrN2O/c1-4-8(5-2)11(15)10-9(12)7-13-14(10)6-3/h4,7H,5-6H2,1-3H3. The number of aromatic nitrogens is 2. The molecule has 0 aromatic carbocycles. The van der Waals surface area contributed by atoms with Gasteiger partial charge in [-0.3, -0.25) is 9.48 Å². The molecule has 0 unspecified atom stereocenters. The number of allylic oxidation sites excluding steroid dienone is 2. The molecule has 82 valence electrons. The molecular weight excluding hydrogens is 256 g/mol. The first-order valence-corrected chi connectivity index (χ1v) is 5.86. The molecule has 0 atom stereocenters. The maximum Gasteiger partial charge on any atom is 0.207 e. The number of carbonyl (C=O) groups is 1. The van der Waals surface area contributed by atoms with Crippen LogP contribution in [0.25, 0.3) is 0 Å². The first-order chi connectivity index (χ1) is 7.15. The lowest BCUT2D eigenvalue weighted by Crippen LogP contribution is -2.11. The van der Waals surface area contributed by atoms with Crippen molar-refractivity contribution in [2.45, 2.75) is 33.7 Å².